The first-order valence-electron chi connectivity index (χ1n) is 8.60. The fourth-order valence-corrected chi connectivity index (χ4v) is 3.72. The molecule has 0 unspecified atom stereocenters. The minimum Gasteiger partial charge on any atom is -0.477 e. The predicted octanol–water partition coefficient (Wildman–Crippen LogP) is 3.43. The number of carbonyl (C=O) groups is 1. The van der Waals surface area contributed by atoms with E-state index in [0.717, 1.165) is 23.7 Å². The summed E-state index contributed by atoms with van der Waals surface area (Å²) in [6, 6.07) is 15.4. The summed E-state index contributed by atoms with van der Waals surface area (Å²) < 4.78 is 1.59. The molecule has 0 saturated carbocycles. The number of pyridine rings is 1. The van der Waals surface area contributed by atoms with Crippen LogP contribution < -0.4 is 5.56 Å². The topological polar surface area (TPSA) is 59.3 Å². The molecule has 4 nitrogen and oxygen atoms in total. The summed E-state index contributed by atoms with van der Waals surface area (Å²) >= 11 is 0. The fraction of sp³-hybridized carbons (Fsp3) is 0.238. The van der Waals surface area contributed by atoms with Crippen LogP contribution in [0.3, 0.4) is 0 Å². The van der Waals surface area contributed by atoms with Crippen molar-refractivity contribution in [2.75, 3.05) is 0 Å². The molecule has 2 aromatic carbocycles. The van der Waals surface area contributed by atoms with Crippen LogP contribution in [0.25, 0.3) is 10.9 Å². The van der Waals surface area contributed by atoms with Crippen molar-refractivity contribution < 1.29 is 9.90 Å². The quantitative estimate of drug-likeness (QED) is 0.796. The smallest absolute Gasteiger partial charge is 0.341 e. The molecule has 126 valence electrons. The zero-order valence-electron chi connectivity index (χ0n) is 13.9. The van der Waals surface area contributed by atoms with Crippen molar-refractivity contribution in [1.29, 1.82) is 0 Å². The van der Waals surface area contributed by atoms with Crippen LogP contribution in [0.4, 0.5) is 0 Å². The van der Waals surface area contributed by atoms with Crippen molar-refractivity contribution in [2.24, 2.45) is 0 Å². The number of rotatable bonds is 4. The second-order valence-corrected chi connectivity index (χ2v) is 6.59. The van der Waals surface area contributed by atoms with Crippen LogP contribution >= 0.6 is 0 Å². The van der Waals surface area contributed by atoms with E-state index >= 15 is 0 Å². The Bertz CT molecular complexity index is 1030. The Morgan fingerprint density at radius 3 is 2.68 bits per heavy atom. The van der Waals surface area contributed by atoms with E-state index in [9.17, 15) is 14.7 Å². The van der Waals surface area contributed by atoms with Crippen molar-refractivity contribution in [3.05, 3.63) is 81.1 Å². The Kier molecular flexibility index (Phi) is 3.88. The van der Waals surface area contributed by atoms with E-state index in [0.29, 0.717) is 13.0 Å². The highest BCUT2D eigenvalue weighted by Crippen LogP contribution is 2.23. The third-order valence-electron chi connectivity index (χ3n) is 5.02. The van der Waals surface area contributed by atoms with Crippen molar-refractivity contribution in [3.63, 3.8) is 0 Å². The molecule has 25 heavy (non-hydrogen) atoms. The van der Waals surface area contributed by atoms with Crippen molar-refractivity contribution in [2.45, 2.75) is 32.2 Å². The minimum atomic E-state index is -1.18. The van der Waals surface area contributed by atoms with Crippen LogP contribution in [-0.4, -0.2) is 15.6 Å². The molecule has 1 aromatic heterocycles. The van der Waals surface area contributed by atoms with Gasteiger partial charge in [0, 0.05) is 6.54 Å². The van der Waals surface area contributed by atoms with E-state index in [2.05, 4.69) is 18.2 Å². The second-order valence-electron chi connectivity index (χ2n) is 6.59. The SMILES string of the molecule is O=C(O)c1cc2ccccc2n(CCc2ccc3c(c2)CCC3)c1=O. The first kappa shape index (κ1) is 15.6. The molecule has 0 fully saturated rings. The fourth-order valence-electron chi connectivity index (χ4n) is 3.72. The van der Waals surface area contributed by atoms with Gasteiger partial charge in [0.15, 0.2) is 0 Å². The number of hydrogen-bond acceptors (Lipinski definition) is 2. The van der Waals surface area contributed by atoms with Gasteiger partial charge in [-0.2, -0.15) is 0 Å². The van der Waals surface area contributed by atoms with Crippen LogP contribution in [0.1, 0.15) is 33.5 Å². The number of carboxylic acid groups (broad SMARTS) is 1. The molecule has 0 saturated heterocycles. The summed E-state index contributed by atoms with van der Waals surface area (Å²) in [7, 11) is 0. The lowest BCUT2D eigenvalue weighted by Gasteiger charge is -2.12. The summed E-state index contributed by atoms with van der Waals surface area (Å²) in [6.45, 7) is 0.471. The van der Waals surface area contributed by atoms with Gasteiger partial charge in [0.2, 0.25) is 0 Å². The maximum Gasteiger partial charge on any atom is 0.341 e. The molecule has 0 radical (unpaired) electrons. The predicted molar refractivity (Wildman–Crippen MR) is 97.3 cm³/mol. The molecule has 0 aliphatic heterocycles. The number of hydrogen-bond donors (Lipinski definition) is 1. The average molecular weight is 333 g/mol. The lowest BCUT2D eigenvalue weighted by atomic mass is 10.0. The third-order valence-corrected chi connectivity index (χ3v) is 5.02. The Balaban J connectivity index is 1.72. The molecule has 1 N–H and O–H groups in total. The van der Waals surface area contributed by atoms with Gasteiger partial charge in [0.25, 0.3) is 5.56 Å². The highest BCUT2D eigenvalue weighted by molar-refractivity contribution is 5.92. The maximum atomic E-state index is 12.6. The molecule has 1 aliphatic carbocycles. The van der Waals surface area contributed by atoms with Crippen molar-refractivity contribution in [1.82, 2.24) is 4.57 Å². The van der Waals surface area contributed by atoms with Gasteiger partial charge in [0.05, 0.1) is 5.52 Å². The average Bonchev–Trinajstić information content (AvgIpc) is 3.08. The van der Waals surface area contributed by atoms with Crippen LogP contribution in [0.2, 0.25) is 0 Å². The Hall–Kier alpha value is -2.88. The number of aromatic carboxylic acids is 1. The van der Waals surface area contributed by atoms with Gasteiger partial charge in [0.1, 0.15) is 5.56 Å². The Morgan fingerprint density at radius 1 is 1.04 bits per heavy atom. The minimum absolute atomic E-state index is 0.173. The molecule has 1 aliphatic rings. The van der Waals surface area contributed by atoms with Crippen LogP contribution in [0, 0.1) is 0 Å². The van der Waals surface area contributed by atoms with Gasteiger partial charge in [-0.15, -0.1) is 0 Å². The third kappa shape index (κ3) is 2.84. The van der Waals surface area contributed by atoms with Crippen molar-refractivity contribution >= 4 is 16.9 Å². The normalized spacial score (nSPS) is 13.1. The highest BCUT2D eigenvalue weighted by atomic mass is 16.4. The van der Waals surface area contributed by atoms with Crippen LogP contribution in [-0.2, 0) is 25.8 Å². The van der Waals surface area contributed by atoms with Crippen LogP contribution in [0.15, 0.2) is 53.3 Å². The Morgan fingerprint density at radius 2 is 1.84 bits per heavy atom. The number of benzene rings is 2. The highest BCUT2D eigenvalue weighted by Gasteiger charge is 2.15. The summed E-state index contributed by atoms with van der Waals surface area (Å²) in [5, 5.41) is 10.1. The zero-order valence-corrected chi connectivity index (χ0v) is 13.9. The molecular weight excluding hydrogens is 314 g/mol. The Labute approximate surface area is 145 Å². The van der Waals surface area contributed by atoms with Gasteiger partial charge in [-0.25, -0.2) is 4.79 Å². The summed E-state index contributed by atoms with van der Waals surface area (Å²) in [6.07, 6.45) is 4.20. The lowest BCUT2D eigenvalue weighted by Crippen LogP contribution is -2.27. The molecular formula is C21H19NO3. The molecule has 1 heterocycles. The molecule has 0 bridgehead atoms. The van der Waals surface area contributed by atoms with E-state index < -0.39 is 11.5 Å². The molecule has 0 atom stereocenters. The summed E-state index contributed by atoms with van der Waals surface area (Å²) in [5.41, 5.74) is 4.20. The van der Waals surface area contributed by atoms with E-state index in [1.165, 1.54) is 29.2 Å². The molecule has 4 heteroatoms. The van der Waals surface area contributed by atoms with Gasteiger partial charge in [-0.1, -0.05) is 36.4 Å². The first-order chi connectivity index (χ1) is 12.1. The number of carboxylic acids is 1. The van der Waals surface area contributed by atoms with Gasteiger partial charge in [-0.05, 0) is 59.9 Å². The van der Waals surface area contributed by atoms with E-state index in [-0.39, 0.29) is 5.56 Å². The van der Waals surface area contributed by atoms with Gasteiger partial charge < -0.3 is 9.67 Å². The van der Waals surface area contributed by atoms with Gasteiger partial charge >= 0.3 is 5.97 Å². The number of para-hydroxylation sites is 1. The molecule has 3 aromatic rings. The molecule has 4 rings (SSSR count). The van der Waals surface area contributed by atoms with E-state index in [4.69, 9.17) is 0 Å². The maximum absolute atomic E-state index is 12.6. The monoisotopic (exact) mass is 333 g/mol. The lowest BCUT2D eigenvalue weighted by molar-refractivity contribution is 0.0694. The standard InChI is InChI=1S/C21H19NO3/c23-20-18(21(24)25)13-17-4-1-2-7-19(17)22(20)11-10-14-8-9-15-5-3-6-16(15)12-14/h1-2,4,7-9,12-13H,3,5-6,10-11H2,(H,24,25). The van der Waals surface area contributed by atoms with Crippen molar-refractivity contribution in [3.8, 4) is 0 Å². The van der Waals surface area contributed by atoms with Crippen LogP contribution in [0.5, 0.6) is 0 Å². The number of fused-ring (bicyclic) bond motifs is 2. The molecule has 0 amide bonds. The van der Waals surface area contributed by atoms with E-state index in [1.54, 1.807) is 4.57 Å². The molecule has 0 spiro atoms. The van der Waals surface area contributed by atoms with Gasteiger partial charge in [-0.3, -0.25) is 4.79 Å². The number of aromatic nitrogens is 1. The number of nitrogens with zero attached hydrogens (tertiary/aromatic N) is 1. The summed E-state index contributed by atoms with van der Waals surface area (Å²) in [5.74, 6) is -1.18. The zero-order chi connectivity index (χ0) is 17.4. The summed E-state index contributed by atoms with van der Waals surface area (Å²) in [4.78, 5) is 24.0. The number of aryl methyl sites for hydroxylation is 4. The second kappa shape index (κ2) is 6.20. The largest absolute Gasteiger partial charge is 0.477 e. The first-order valence-corrected chi connectivity index (χ1v) is 8.60. The van der Waals surface area contributed by atoms with E-state index in [1.807, 2.05) is 24.3 Å².